The molecule has 2 unspecified atom stereocenters. The molecule has 0 radical (unpaired) electrons. The van der Waals surface area contributed by atoms with Gasteiger partial charge in [-0.3, -0.25) is 0 Å². The SMILES string of the molecule is O=S(=O)(c1ccc(NC2C3CNCC32)cc1)C(F)F. The summed E-state index contributed by atoms with van der Waals surface area (Å²) >= 11 is 0. The Hall–Kier alpha value is -1.21. The fourth-order valence-electron chi connectivity index (χ4n) is 2.67. The van der Waals surface area contributed by atoms with Gasteiger partial charge in [0.25, 0.3) is 0 Å². The van der Waals surface area contributed by atoms with Crippen molar-refractivity contribution in [2.24, 2.45) is 11.8 Å². The lowest BCUT2D eigenvalue weighted by molar-refractivity contribution is 0.234. The van der Waals surface area contributed by atoms with E-state index in [1.165, 1.54) is 24.3 Å². The van der Waals surface area contributed by atoms with E-state index in [2.05, 4.69) is 10.6 Å². The van der Waals surface area contributed by atoms with Crippen LogP contribution in [0.1, 0.15) is 0 Å². The van der Waals surface area contributed by atoms with Crippen molar-refractivity contribution in [3.05, 3.63) is 24.3 Å². The van der Waals surface area contributed by atoms with Gasteiger partial charge in [-0.25, -0.2) is 8.42 Å². The molecule has 104 valence electrons. The number of sulfone groups is 1. The van der Waals surface area contributed by atoms with E-state index in [0.717, 1.165) is 18.8 Å². The fourth-order valence-corrected chi connectivity index (χ4v) is 3.39. The number of anilines is 1. The Morgan fingerprint density at radius 3 is 2.26 bits per heavy atom. The number of halogens is 2. The molecule has 2 N–H and O–H groups in total. The number of hydrogen-bond donors (Lipinski definition) is 2. The molecule has 4 nitrogen and oxygen atoms in total. The number of piperidine rings is 1. The zero-order valence-corrected chi connectivity index (χ0v) is 10.8. The molecular weight excluding hydrogens is 274 g/mol. The maximum Gasteiger partial charge on any atom is 0.341 e. The highest BCUT2D eigenvalue weighted by Gasteiger charge is 2.52. The van der Waals surface area contributed by atoms with Crippen LogP contribution in [-0.4, -0.2) is 33.3 Å². The van der Waals surface area contributed by atoms with Crippen LogP contribution in [0, 0.1) is 11.8 Å². The molecule has 1 aromatic carbocycles. The van der Waals surface area contributed by atoms with Crippen LogP contribution in [0.4, 0.5) is 14.5 Å². The number of rotatable bonds is 4. The van der Waals surface area contributed by atoms with Crippen molar-refractivity contribution in [1.82, 2.24) is 5.32 Å². The molecule has 0 spiro atoms. The van der Waals surface area contributed by atoms with Gasteiger partial charge in [0.05, 0.1) is 4.90 Å². The summed E-state index contributed by atoms with van der Waals surface area (Å²) in [5.74, 6) is -2.12. The number of alkyl halides is 2. The maximum absolute atomic E-state index is 12.4. The zero-order chi connectivity index (χ0) is 13.6. The first kappa shape index (κ1) is 12.8. The predicted molar refractivity (Wildman–Crippen MR) is 66.9 cm³/mol. The Kier molecular flexibility index (Phi) is 2.98. The summed E-state index contributed by atoms with van der Waals surface area (Å²) in [4.78, 5) is -0.342. The van der Waals surface area contributed by atoms with Gasteiger partial charge in [-0.15, -0.1) is 0 Å². The van der Waals surface area contributed by atoms with Crippen molar-refractivity contribution in [3.8, 4) is 0 Å². The van der Waals surface area contributed by atoms with Gasteiger partial charge >= 0.3 is 5.76 Å². The van der Waals surface area contributed by atoms with E-state index in [-0.39, 0.29) is 4.90 Å². The quantitative estimate of drug-likeness (QED) is 0.877. The summed E-state index contributed by atoms with van der Waals surface area (Å²) in [5.41, 5.74) is 0.771. The molecule has 1 heterocycles. The molecule has 1 aromatic rings. The number of benzene rings is 1. The second-order valence-corrected chi connectivity index (χ2v) is 6.90. The zero-order valence-electron chi connectivity index (χ0n) is 10.0. The van der Waals surface area contributed by atoms with Gasteiger partial charge in [-0.1, -0.05) is 0 Å². The maximum atomic E-state index is 12.4. The minimum Gasteiger partial charge on any atom is -0.382 e. The third kappa shape index (κ3) is 2.21. The Labute approximate surface area is 110 Å². The molecule has 7 heteroatoms. The summed E-state index contributed by atoms with van der Waals surface area (Å²) in [7, 11) is -4.49. The molecule has 0 aromatic heterocycles. The second-order valence-electron chi connectivity index (χ2n) is 4.99. The standard InChI is InChI=1S/C12H14F2N2O2S/c13-12(14)19(17,18)8-3-1-7(2-4-8)16-11-9-5-15-6-10(9)11/h1-4,9-12,15-16H,5-6H2. The van der Waals surface area contributed by atoms with Gasteiger partial charge in [-0.05, 0) is 36.1 Å². The molecule has 1 saturated carbocycles. The summed E-state index contributed by atoms with van der Waals surface area (Å²) in [6.07, 6.45) is 0. The summed E-state index contributed by atoms with van der Waals surface area (Å²) < 4.78 is 47.2. The largest absolute Gasteiger partial charge is 0.382 e. The van der Waals surface area contributed by atoms with Crippen LogP contribution >= 0.6 is 0 Å². The van der Waals surface area contributed by atoms with Crippen LogP contribution in [-0.2, 0) is 9.84 Å². The first-order valence-corrected chi connectivity index (χ1v) is 7.64. The summed E-state index contributed by atoms with van der Waals surface area (Å²) in [6.45, 7) is 2.00. The third-order valence-electron chi connectivity index (χ3n) is 3.84. The van der Waals surface area contributed by atoms with E-state index < -0.39 is 15.6 Å². The molecule has 1 aliphatic heterocycles. The lowest BCUT2D eigenvalue weighted by atomic mass is 10.3. The first-order valence-electron chi connectivity index (χ1n) is 6.09. The topological polar surface area (TPSA) is 58.2 Å². The van der Waals surface area contributed by atoms with Crippen molar-refractivity contribution in [2.75, 3.05) is 18.4 Å². The molecule has 2 aliphatic rings. The predicted octanol–water partition coefficient (Wildman–Crippen LogP) is 1.31. The Morgan fingerprint density at radius 2 is 1.74 bits per heavy atom. The Bertz CT molecular complexity index is 564. The average Bonchev–Trinajstić information content (AvgIpc) is 2.83. The lowest BCUT2D eigenvalue weighted by Crippen LogP contribution is -2.21. The Morgan fingerprint density at radius 1 is 1.16 bits per heavy atom. The van der Waals surface area contributed by atoms with E-state index in [1.54, 1.807) is 0 Å². The number of fused-ring (bicyclic) bond motifs is 1. The number of nitrogens with one attached hydrogen (secondary N) is 2. The summed E-state index contributed by atoms with van der Waals surface area (Å²) in [6, 6.07) is 5.94. The van der Waals surface area contributed by atoms with Crippen LogP contribution in [0.2, 0.25) is 0 Å². The van der Waals surface area contributed by atoms with Crippen LogP contribution in [0.3, 0.4) is 0 Å². The number of hydrogen-bond acceptors (Lipinski definition) is 4. The van der Waals surface area contributed by atoms with Crippen molar-refractivity contribution >= 4 is 15.5 Å². The summed E-state index contributed by atoms with van der Waals surface area (Å²) in [5, 5.41) is 6.58. The van der Waals surface area contributed by atoms with Gasteiger partial charge in [0, 0.05) is 24.8 Å². The highest BCUT2D eigenvalue weighted by molar-refractivity contribution is 7.91. The second kappa shape index (κ2) is 4.42. The van der Waals surface area contributed by atoms with Gasteiger partial charge in [0.2, 0.25) is 9.84 Å². The fraction of sp³-hybridized carbons (Fsp3) is 0.500. The molecule has 0 amide bonds. The third-order valence-corrected chi connectivity index (χ3v) is 5.24. The minimum absolute atomic E-state index is 0.342. The molecular formula is C12H14F2N2O2S. The molecule has 3 rings (SSSR count). The molecule has 19 heavy (non-hydrogen) atoms. The molecule has 2 atom stereocenters. The van der Waals surface area contributed by atoms with E-state index >= 15 is 0 Å². The van der Waals surface area contributed by atoms with Crippen LogP contribution in [0.25, 0.3) is 0 Å². The van der Waals surface area contributed by atoms with Gasteiger partial charge < -0.3 is 10.6 Å². The van der Waals surface area contributed by atoms with Crippen molar-refractivity contribution in [1.29, 1.82) is 0 Å². The smallest absolute Gasteiger partial charge is 0.341 e. The van der Waals surface area contributed by atoms with Gasteiger partial charge in [0.15, 0.2) is 0 Å². The molecule has 2 fully saturated rings. The minimum atomic E-state index is -4.49. The Balaban J connectivity index is 1.70. The highest BCUT2D eigenvalue weighted by Crippen LogP contribution is 2.43. The average molecular weight is 288 g/mol. The van der Waals surface area contributed by atoms with Crippen molar-refractivity contribution in [2.45, 2.75) is 16.7 Å². The molecule has 1 saturated heterocycles. The first-order chi connectivity index (χ1) is 9.00. The van der Waals surface area contributed by atoms with Crippen LogP contribution in [0.5, 0.6) is 0 Å². The van der Waals surface area contributed by atoms with Crippen molar-refractivity contribution in [3.63, 3.8) is 0 Å². The van der Waals surface area contributed by atoms with Gasteiger partial charge in [0.1, 0.15) is 0 Å². The van der Waals surface area contributed by atoms with Gasteiger partial charge in [-0.2, -0.15) is 8.78 Å². The monoisotopic (exact) mass is 288 g/mol. The highest BCUT2D eigenvalue weighted by atomic mass is 32.2. The normalized spacial score (nSPS) is 29.3. The van der Waals surface area contributed by atoms with Crippen LogP contribution in [0.15, 0.2) is 29.2 Å². The van der Waals surface area contributed by atoms with E-state index in [0.29, 0.717) is 17.9 Å². The van der Waals surface area contributed by atoms with E-state index in [1.807, 2.05) is 0 Å². The van der Waals surface area contributed by atoms with Crippen LogP contribution < -0.4 is 10.6 Å². The lowest BCUT2D eigenvalue weighted by Gasteiger charge is -2.10. The molecule has 1 aliphatic carbocycles. The van der Waals surface area contributed by atoms with Crippen molar-refractivity contribution < 1.29 is 17.2 Å². The van der Waals surface area contributed by atoms with E-state index in [9.17, 15) is 17.2 Å². The molecule has 0 bridgehead atoms. The van der Waals surface area contributed by atoms with E-state index in [4.69, 9.17) is 0 Å².